The van der Waals surface area contributed by atoms with Crippen LogP contribution in [0.3, 0.4) is 0 Å². The molecule has 6 nitrogen and oxygen atoms in total. The van der Waals surface area contributed by atoms with Crippen LogP contribution < -0.4 is 16.6 Å². The van der Waals surface area contributed by atoms with Gasteiger partial charge in [0.15, 0.2) is 0 Å². The standard InChI is InChI=1S/C10H12N4O2/c11-4-2-5-13-9(15)7-14-6-1-3-8(12)10(14)16/h1,3,6H,2,5,7,12H2,(H,13,15). The first-order chi connectivity index (χ1) is 7.65. The first-order valence-electron chi connectivity index (χ1n) is 4.73. The Bertz CT molecular complexity index is 472. The van der Waals surface area contributed by atoms with Gasteiger partial charge in [-0.25, -0.2) is 0 Å². The number of anilines is 1. The number of carbonyl (C=O) groups is 1. The molecule has 1 aromatic rings. The first-order valence-corrected chi connectivity index (χ1v) is 4.73. The van der Waals surface area contributed by atoms with Crippen molar-refractivity contribution in [2.45, 2.75) is 13.0 Å². The fraction of sp³-hybridized carbons (Fsp3) is 0.300. The zero-order valence-electron chi connectivity index (χ0n) is 8.64. The Kier molecular flexibility index (Phi) is 4.09. The van der Waals surface area contributed by atoms with Gasteiger partial charge in [-0.3, -0.25) is 9.59 Å². The van der Waals surface area contributed by atoms with E-state index in [1.807, 2.05) is 6.07 Å². The number of nitriles is 1. The Morgan fingerprint density at radius 3 is 3.06 bits per heavy atom. The quantitative estimate of drug-likeness (QED) is 0.665. The predicted molar refractivity (Wildman–Crippen MR) is 58.4 cm³/mol. The fourth-order valence-electron chi connectivity index (χ4n) is 1.15. The van der Waals surface area contributed by atoms with Crippen LogP contribution in [-0.2, 0) is 11.3 Å². The van der Waals surface area contributed by atoms with Crippen molar-refractivity contribution in [3.63, 3.8) is 0 Å². The highest BCUT2D eigenvalue weighted by Gasteiger charge is 2.04. The number of pyridine rings is 1. The summed E-state index contributed by atoms with van der Waals surface area (Å²) >= 11 is 0. The van der Waals surface area contributed by atoms with E-state index in [4.69, 9.17) is 11.0 Å². The largest absolute Gasteiger partial charge is 0.394 e. The second-order valence-corrected chi connectivity index (χ2v) is 3.15. The van der Waals surface area contributed by atoms with Gasteiger partial charge in [-0.05, 0) is 12.1 Å². The molecule has 3 N–H and O–H groups in total. The Morgan fingerprint density at radius 2 is 2.38 bits per heavy atom. The molecule has 0 aromatic carbocycles. The Morgan fingerprint density at radius 1 is 1.62 bits per heavy atom. The van der Waals surface area contributed by atoms with Crippen LogP contribution >= 0.6 is 0 Å². The van der Waals surface area contributed by atoms with E-state index >= 15 is 0 Å². The van der Waals surface area contributed by atoms with Crippen LogP contribution in [0.2, 0.25) is 0 Å². The molecule has 0 saturated heterocycles. The molecule has 1 heterocycles. The summed E-state index contributed by atoms with van der Waals surface area (Å²) in [6.45, 7) is 0.196. The molecule has 0 aliphatic rings. The van der Waals surface area contributed by atoms with Gasteiger partial charge in [0.25, 0.3) is 5.56 Å². The maximum Gasteiger partial charge on any atom is 0.274 e. The highest BCUT2D eigenvalue weighted by molar-refractivity contribution is 5.75. The minimum Gasteiger partial charge on any atom is -0.394 e. The van der Waals surface area contributed by atoms with Crippen molar-refractivity contribution in [1.82, 2.24) is 9.88 Å². The molecule has 1 amide bonds. The van der Waals surface area contributed by atoms with Gasteiger partial charge in [0, 0.05) is 12.7 Å². The van der Waals surface area contributed by atoms with Gasteiger partial charge in [0.1, 0.15) is 6.54 Å². The minimum absolute atomic E-state index is 0.0880. The molecule has 0 radical (unpaired) electrons. The van der Waals surface area contributed by atoms with E-state index in [-0.39, 0.29) is 31.1 Å². The summed E-state index contributed by atoms with van der Waals surface area (Å²) in [5.41, 5.74) is 5.12. The van der Waals surface area contributed by atoms with E-state index in [1.54, 1.807) is 6.07 Å². The molecule has 0 bridgehead atoms. The number of nitrogens with two attached hydrogens (primary N) is 1. The maximum absolute atomic E-state index is 11.4. The molecule has 1 aromatic heterocycles. The Hall–Kier alpha value is -2.29. The van der Waals surface area contributed by atoms with E-state index in [0.717, 1.165) is 0 Å². The summed E-state index contributed by atoms with van der Waals surface area (Å²) in [6, 6.07) is 4.98. The number of nitrogen functional groups attached to an aromatic ring is 1. The van der Waals surface area contributed by atoms with Gasteiger partial charge in [-0.2, -0.15) is 5.26 Å². The highest BCUT2D eigenvalue weighted by Crippen LogP contribution is 1.91. The molecule has 0 atom stereocenters. The average Bonchev–Trinajstić information content (AvgIpc) is 2.25. The topological polar surface area (TPSA) is 101 Å². The van der Waals surface area contributed by atoms with Gasteiger partial charge in [-0.15, -0.1) is 0 Å². The van der Waals surface area contributed by atoms with Gasteiger partial charge in [-0.1, -0.05) is 0 Å². The number of carbonyl (C=O) groups excluding carboxylic acids is 1. The Balaban J connectivity index is 2.61. The lowest BCUT2D eigenvalue weighted by Crippen LogP contribution is -2.33. The van der Waals surface area contributed by atoms with Crippen LogP contribution in [0.25, 0.3) is 0 Å². The molecule has 6 heteroatoms. The summed E-state index contributed by atoms with van der Waals surface area (Å²) in [5.74, 6) is -0.317. The number of nitrogens with zero attached hydrogens (tertiary/aromatic N) is 2. The molecule has 0 aliphatic carbocycles. The van der Waals surface area contributed by atoms with Crippen LogP contribution in [0.1, 0.15) is 6.42 Å². The maximum atomic E-state index is 11.4. The van der Waals surface area contributed by atoms with Gasteiger partial charge >= 0.3 is 0 Å². The van der Waals surface area contributed by atoms with E-state index in [2.05, 4.69) is 5.32 Å². The summed E-state index contributed by atoms with van der Waals surface area (Å²) in [5, 5.41) is 10.8. The molecule has 0 fully saturated rings. The summed E-state index contributed by atoms with van der Waals surface area (Å²) in [7, 11) is 0. The zero-order valence-corrected chi connectivity index (χ0v) is 8.64. The minimum atomic E-state index is -0.391. The lowest BCUT2D eigenvalue weighted by molar-refractivity contribution is -0.121. The SMILES string of the molecule is N#CCCNC(=O)Cn1cccc(N)c1=O. The van der Waals surface area contributed by atoms with Gasteiger partial charge in [0.05, 0.1) is 18.2 Å². The molecule has 0 spiro atoms. The Labute approximate surface area is 92.3 Å². The number of hydrogen-bond donors (Lipinski definition) is 2. The molecule has 1 rings (SSSR count). The average molecular weight is 220 g/mol. The van der Waals surface area contributed by atoms with Crippen LogP contribution in [0.5, 0.6) is 0 Å². The first kappa shape index (κ1) is 11.8. The number of aromatic nitrogens is 1. The van der Waals surface area contributed by atoms with E-state index in [1.165, 1.54) is 16.8 Å². The molecule has 0 aliphatic heterocycles. The van der Waals surface area contributed by atoms with Crippen molar-refractivity contribution < 1.29 is 4.79 Å². The highest BCUT2D eigenvalue weighted by atomic mass is 16.2. The number of nitrogens with one attached hydrogen (secondary N) is 1. The van der Waals surface area contributed by atoms with Crippen molar-refractivity contribution >= 4 is 11.6 Å². The van der Waals surface area contributed by atoms with Crippen molar-refractivity contribution in [3.8, 4) is 6.07 Å². The lowest BCUT2D eigenvalue weighted by Gasteiger charge is -2.06. The van der Waals surface area contributed by atoms with Crippen LogP contribution in [0.4, 0.5) is 5.69 Å². The summed E-state index contributed by atoms with van der Waals surface area (Å²) < 4.78 is 1.22. The van der Waals surface area contributed by atoms with Crippen LogP contribution in [-0.4, -0.2) is 17.0 Å². The van der Waals surface area contributed by atoms with E-state index < -0.39 is 5.56 Å². The molecule has 84 valence electrons. The number of amides is 1. The van der Waals surface area contributed by atoms with Crippen molar-refractivity contribution in [2.75, 3.05) is 12.3 Å². The number of rotatable bonds is 4. The van der Waals surface area contributed by atoms with Gasteiger partial charge in [0.2, 0.25) is 5.91 Å². The third-order valence-corrected chi connectivity index (χ3v) is 1.92. The number of hydrogen-bond acceptors (Lipinski definition) is 4. The second kappa shape index (κ2) is 5.56. The van der Waals surface area contributed by atoms with Gasteiger partial charge < -0.3 is 15.6 Å². The van der Waals surface area contributed by atoms with Crippen molar-refractivity contribution in [1.29, 1.82) is 5.26 Å². The third kappa shape index (κ3) is 3.13. The van der Waals surface area contributed by atoms with Crippen LogP contribution in [0, 0.1) is 11.3 Å². The summed E-state index contributed by atoms with van der Waals surface area (Å²) in [6.07, 6.45) is 1.74. The van der Waals surface area contributed by atoms with Crippen molar-refractivity contribution in [2.24, 2.45) is 0 Å². The molecular weight excluding hydrogens is 208 g/mol. The van der Waals surface area contributed by atoms with Crippen LogP contribution in [0.15, 0.2) is 23.1 Å². The normalized spacial score (nSPS) is 9.44. The fourth-order valence-corrected chi connectivity index (χ4v) is 1.15. The molecule has 0 unspecified atom stereocenters. The second-order valence-electron chi connectivity index (χ2n) is 3.15. The molecule has 16 heavy (non-hydrogen) atoms. The monoisotopic (exact) mass is 220 g/mol. The molecule has 0 saturated carbocycles. The summed E-state index contributed by atoms with van der Waals surface area (Å²) in [4.78, 5) is 22.8. The lowest BCUT2D eigenvalue weighted by atomic mass is 10.4. The smallest absolute Gasteiger partial charge is 0.274 e. The zero-order chi connectivity index (χ0) is 12.0. The predicted octanol–water partition coefficient (Wildman–Crippen LogP) is -0.540. The molecular formula is C10H12N4O2. The van der Waals surface area contributed by atoms with E-state index in [9.17, 15) is 9.59 Å². The third-order valence-electron chi connectivity index (χ3n) is 1.92. The van der Waals surface area contributed by atoms with E-state index in [0.29, 0.717) is 0 Å². The van der Waals surface area contributed by atoms with Crippen molar-refractivity contribution in [3.05, 3.63) is 28.7 Å².